The SMILES string of the molecule is CCCCC(CC)CNCC(CC)CCCC.NCCO. The highest BCUT2D eigenvalue weighted by Gasteiger charge is 2.08. The minimum atomic E-state index is 0.0972. The van der Waals surface area contributed by atoms with Gasteiger partial charge in [-0.3, -0.25) is 0 Å². The van der Waals surface area contributed by atoms with Gasteiger partial charge in [0.1, 0.15) is 0 Å². The molecule has 0 aromatic heterocycles. The van der Waals surface area contributed by atoms with Crippen LogP contribution in [0, 0.1) is 11.8 Å². The van der Waals surface area contributed by atoms with E-state index in [0.717, 1.165) is 11.8 Å². The van der Waals surface area contributed by atoms with Crippen LogP contribution < -0.4 is 11.1 Å². The fraction of sp³-hybridized carbons (Fsp3) is 1.00. The third kappa shape index (κ3) is 17.8. The van der Waals surface area contributed by atoms with Crippen molar-refractivity contribution in [3.8, 4) is 0 Å². The second-order valence-electron chi connectivity index (χ2n) is 6.00. The van der Waals surface area contributed by atoms with Gasteiger partial charge in [0, 0.05) is 6.54 Å². The van der Waals surface area contributed by atoms with Gasteiger partial charge in [-0.15, -0.1) is 0 Å². The fourth-order valence-electron chi connectivity index (χ4n) is 2.38. The summed E-state index contributed by atoms with van der Waals surface area (Å²) in [5, 5.41) is 11.5. The molecule has 0 spiro atoms. The van der Waals surface area contributed by atoms with Gasteiger partial charge in [-0.25, -0.2) is 0 Å². The zero-order valence-electron chi connectivity index (χ0n) is 15.2. The lowest BCUT2D eigenvalue weighted by Gasteiger charge is -2.19. The van der Waals surface area contributed by atoms with Gasteiger partial charge in [0.25, 0.3) is 0 Å². The van der Waals surface area contributed by atoms with E-state index in [1.54, 1.807) is 0 Å². The molecule has 0 aliphatic heterocycles. The third-order valence-corrected chi connectivity index (χ3v) is 4.08. The highest BCUT2D eigenvalue weighted by Crippen LogP contribution is 2.13. The van der Waals surface area contributed by atoms with Crippen LogP contribution in [0.1, 0.15) is 79.1 Å². The number of nitrogens with one attached hydrogen (secondary N) is 1. The van der Waals surface area contributed by atoms with E-state index in [1.807, 2.05) is 0 Å². The van der Waals surface area contributed by atoms with E-state index in [1.165, 1.54) is 64.5 Å². The Bertz CT molecular complexity index is 159. The van der Waals surface area contributed by atoms with E-state index in [2.05, 4.69) is 33.0 Å². The van der Waals surface area contributed by atoms with Crippen LogP contribution in [0.3, 0.4) is 0 Å². The summed E-state index contributed by atoms with van der Waals surface area (Å²) >= 11 is 0. The number of hydrogen-bond donors (Lipinski definition) is 3. The van der Waals surface area contributed by atoms with Gasteiger partial charge in [-0.05, 0) is 37.8 Å². The average molecular weight is 303 g/mol. The van der Waals surface area contributed by atoms with Crippen LogP contribution in [-0.2, 0) is 0 Å². The Morgan fingerprint density at radius 1 is 0.857 bits per heavy atom. The number of hydrogen-bond acceptors (Lipinski definition) is 3. The van der Waals surface area contributed by atoms with Gasteiger partial charge in [0.15, 0.2) is 0 Å². The summed E-state index contributed by atoms with van der Waals surface area (Å²) in [6.07, 6.45) is 10.9. The molecule has 4 N–H and O–H groups in total. The maximum Gasteiger partial charge on any atom is 0.0553 e. The van der Waals surface area contributed by atoms with Crippen molar-refractivity contribution in [1.29, 1.82) is 0 Å². The molecule has 3 nitrogen and oxygen atoms in total. The molecule has 2 unspecified atom stereocenters. The lowest BCUT2D eigenvalue weighted by molar-refractivity contribution is 0.306. The summed E-state index contributed by atoms with van der Waals surface area (Å²) in [5.74, 6) is 1.80. The maximum atomic E-state index is 7.75. The number of aliphatic hydroxyl groups excluding tert-OH is 1. The Balaban J connectivity index is 0. The van der Waals surface area contributed by atoms with Crippen LogP contribution in [0.15, 0.2) is 0 Å². The lowest BCUT2D eigenvalue weighted by atomic mass is 9.97. The molecule has 0 amide bonds. The highest BCUT2D eigenvalue weighted by molar-refractivity contribution is 4.65. The van der Waals surface area contributed by atoms with Gasteiger partial charge in [-0.1, -0.05) is 66.2 Å². The first-order valence-corrected chi connectivity index (χ1v) is 9.21. The van der Waals surface area contributed by atoms with E-state index in [-0.39, 0.29) is 6.61 Å². The van der Waals surface area contributed by atoms with E-state index >= 15 is 0 Å². The van der Waals surface area contributed by atoms with Crippen molar-refractivity contribution in [2.24, 2.45) is 17.6 Å². The van der Waals surface area contributed by atoms with Crippen molar-refractivity contribution in [3.05, 3.63) is 0 Å². The first-order chi connectivity index (χ1) is 10.2. The minimum absolute atomic E-state index is 0.0972. The summed E-state index contributed by atoms with van der Waals surface area (Å²) in [7, 11) is 0. The molecular formula is C18H42N2O. The second kappa shape index (κ2) is 19.9. The molecule has 0 aliphatic carbocycles. The van der Waals surface area contributed by atoms with Crippen molar-refractivity contribution in [2.75, 3.05) is 26.2 Å². The number of unbranched alkanes of at least 4 members (excludes halogenated alkanes) is 2. The summed E-state index contributed by atoms with van der Waals surface area (Å²) in [6, 6.07) is 0. The van der Waals surface area contributed by atoms with Crippen LogP contribution in [0.4, 0.5) is 0 Å². The van der Waals surface area contributed by atoms with E-state index in [0.29, 0.717) is 6.54 Å². The molecular weight excluding hydrogens is 260 g/mol. The van der Waals surface area contributed by atoms with Gasteiger partial charge in [-0.2, -0.15) is 0 Å². The van der Waals surface area contributed by atoms with Crippen molar-refractivity contribution in [3.63, 3.8) is 0 Å². The Labute approximate surface area is 134 Å². The van der Waals surface area contributed by atoms with Crippen LogP contribution in [0.2, 0.25) is 0 Å². The molecule has 0 saturated heterocycles. The summed E-state index contributed by atoms with van der Waals surface area (Å²) in [5.41, 5.74) is 4.78. The standard InChI is InChI=1S/C16H35N.C2H7NO/c1-5-9-11-15(7-3)13-17-14-16(8-4)12-10-6-2;3-1-2-4/h15-17H,5-14H2,1-4H3;4H,1-3H2. The number of nitrogens with two attached hydrogens (primary N) is 1. The molecule has 0 fully saturated rings. The van der Waals surface area contributed by atoms with Crippen LogP contribution in [0.25, 0.3) is 0 Å². The molecule has 0 saturated carbocycles. The maximum absolute atomic E-state index is 7.75. The molecule has 2 atom stereocenters. The van der Waals surface area contributed by atoms with Crippen LogP contribution >= 0.6 is 0 Å². The van der Waals surface area contributed by atoms with Gasteiger partial charge >= 0.3 is 0 Å². The van der Waals surface area contributed by atoms with Gasteiger partial charge < -0.3 is 16.2 Å². The molecule has 3 heteroatoms. The van der Waals surface area contributed by atoms with Crippen molar-refractivity contribution >= 4 is 0 Å². The zero-order valence-corrected chi connectivity index (χ0v) is 15.2. The Hall–Kier alpha value is -0.120. The Morgan fingerprint density at radius 3 is 1.48 bits per heavy atom. The van der Waals surface area contributed by atoms with Crippen LogP contribution in [-0.4, -0.2) is 31.3 Å². The molecule has 0 bridgehead atoms. The van der Waals surface area contributed by atoms with Gasteiger partial charge in [0.05, 0.1) is 6.61 Å². The monoisotopic (exact) mass is 302 g/mol. The van der Waals surface area contributed by atoms with Gasteiger partial charge in [0.2, 0.25) is 0 Å². The van der Waals surface area contributed by atoms with Crippen LogP contribution in [0.5, 0.6) is 0 Å². The van der Waals surface area contributed by atoms with E-state index < -0.39 is 0 Å². The minimum Gasteiger partial charge on any atom is -0.395 e. The second-order valence-corrected chi connectivity index (χ2v) is 6.00. The van der Waals surface area contributed by atoms with Crippen molar-refractivity contribution in [2.45, 2.75) is 79.1 Å². The molecule has 21 heavy (non-hydrogen) atoms. The largest absolute Gasteiger partial charge is 0.395 e. The lowest BCUT2D eigenvalue weighted by Crippen LogP contribution is -2.28. The quantitative estimate of drug-likeness (QED) is 0.483. The third-order valence-electron chi connectivity index (χ3n) is 4.08. The van der Waals surface area contributed by atoms with E-state index in [9.17, 15) is 0 Å². The molecule has 0 aromatic carbocycles. The van der Waals surface area contributed by atoms with Crippen molar-refractivity contribution < 1.29 is 5.11 Å². The number of rotatable bonds is 13. The molecule has 130 valence electrons. The number of aliphatic hydroxyl groups is 1. The Kier molecular flexibility index (Phi) is 21.9. The molecule has 0 radical (unpaired) electrons. The normalized spacial score (nSPS) is 13.4. The Morgan fingerprint density at radius 2 is 1.24 bits per heavy atom. The molecule has 0 heterocycles. The molecule has 0 aliphatic rings. The fourth-order valence-corrected chi connectivity index (χ4v) is 2.38. The summed E-state index contributed by atoms with van der Waals surface area (Å²) in [6.45, 7) is 12.2. The van der Waals surface area contributed by atoms with E-state index in [4.69, 9.17) is 10.8 Å². The topological polar surface area (TPSA) is 58.3 Å². The predicted octanol–water partition coefficient (Wildman–Crippen LogP) is 3.95. The molecule has 0 aromatic rings. The highest BCUT2D eigenvalue weighted by atomic mass is 16.3. The first kappa shape index (κ1) is 23.2. The summed E-state index contributed by atoms with van der Waals surface area (Å²) < 4.78 is 0. The predicted molar refractivity (Wildman–Crippen MR) is 95.6 cm³/mol. The first-order valence-electron chi connectivity index (χ1n) is 9.21. The smallest absolute Gasteiger partial charge is 0.0553 e. The van der Waals surface area contributed by atoms with Crippen molar-refractivity contribution in [1.82, 2.24) is 5.32 Å². The summed E-state index contributed by atoms with van der Waals surface area (Å²) in [4.78, 5) is 0. The molecule has 0 rings (SSSR count). The average Bonchev–Trinajstić information content (AvgIpc) is 2.53. The zero-order chi connectivity index (χ0) is 16.3.